The van der Waals surface area contributed by atoms with E-state index in [0.717, 1.165) is 131 Å². The standard InChI is InChI=1S/C23H25NO6S2.C18H17Br2NO.C18H15Br2NO.C18H17Br2N.C9H6Br2O/c1-19-8-12-22(13-9-19)31(25,26)29-17-24(16-21-6-4-3-5-7-21)18-30-32(27,28)23-14-10-20(2)11-15-23;2*19-15-6-13-8-18(17(22)14(13)7-16(15)20)10-21(11-18)9-12-4-2-1-3-5-12;19-16-6-14-8-18(9-15(14)7-17(16)20)11-21(12-18)10-13-4-2-1-3-5-13;10-7-3-5-1-2-9(12)6(5)4-8(7)11/h3-15H,16-18H2,1-2H3;1-7,17,22H,8-11H2;1-7H,8-11H2;1-7H,8-12H2;3-4H,1-2H2. The minimum absolute atomic E-state index is 0.0113. The molecular weight excluding hydrogens is 1940 g/mol. The highest BCUT2D eigenvalue weighted by atomic mass is 79.9. The molecule has 0 amide bonds. The van der Waals surface area contributed by atoms with Crippen LogP contribution >= 0.6 is 127 Å². The van der Waals surface area contributed by atoms with Crippen molar-refractivity contribution in [1.82, 2.24) is 19.6 Å². The summed E-state index contributed by atoms with van der Waals surface area (Å²) in [7, 11) is -8.04. The van der Waals surface area contributed by atoms with E-state index >= 15 is 0 Å². The van der Waals surface area contributed by atoms with Gasteiger partial charge in [0.05, 0.1) is 21.3 Å². The topological polar surface area (TPSA) is 154 Å². The molecule has 3 heterocycles. The molecule has 1 N–H and O–H groups in total. The van der Waals surface area contributed by atoms with Crippen molar-refractivity contribution < 1.29 is 39.9 Å². The third-order valence-electron chi connectivity index (χ3n) is 21.1. The summed E-state index contributed by atoms with van der Waals surface area (Å²) < 4.78 is 69.0. The maximum absolute atomic E-state index is 12.8. The summed E-state index contributed by atoms with van der Waals surface area (Å²) in [5, 5.41) is 10.8. The smallest absolute Gasteiger partial charge is 0.298 e. The van der Waals surface area contributed by atoms with Crippen molar-refractivity contribution in [2.75, 3.05) is 52.7 Å². The van der Waals surface area contributed by atoms with Gasteiger partial charge in [0.15, 0.2) is 11.6 Å². The minimum atomic E-state index is -4.02. The molecule has 0 saturated carbocycles. The van der Waals surface area contributed by atoms with E-state index in [4.69, 9.17) is 8.37 Å². The Labute approximate surface area is 706 Å². The van der Waals surface area contributed by atoms with Crippen molar-refractivity contribution in [3.8, 4) is 0 Å². The normalized spacial score (nSPS) is 17.4. The van der Waals surface area contributed by atoms with Crippen LogP contribution in [0.1, 0.15) is 100 Å². The van der Waals surface area contributed by atoms with Crippen molar-refractivity contribution in [2.24, 2.45) is 16.2 Å². The Balaban J connectivity index is 0.000000123. The zero-order valence-corrected chi connectivity index (χ0v) is 74.3. The van der Waals surface area contributed by atoms with Crippen LogP contribution in [0.2, 0.25) is 0 Å². The quantitative estimate of drug-likeness (QED) is 0.0722. The zero-order chi connectivity index (χ0) is 77.0. The van der Waals surface area contributed by atoms with Crippen molar-refractivity contribution in [1.29, 1.82) is 0 Å². The highest BCUT2D eigenvalue weighted by Gasteiger charge is 2.55. The van der Waals surface area contributed by atoms with Crippen LogP contribution in [0.5, 0.6) is 0 Å². The van der Waals surface area contributed by atoms with Crippen LogP contribution in [0.25, 0.3) is 0 Å². The van der Waals surface area contributed by atoms with Gasteiger partial charge in [-0.2, -0.15) is 16.8 Å². The van der Waals surface area contributed by atoms with Gasteiger partial charge in [-0.15, -0.1) is 0 Å². The molecule has 0 radical (unpaired) electrons. The number of rotatable bonds is 16. The van der Waals surface area contributed by atoms with Crippen molar-refractivity contribution >= 4 is 159 Å². The summed E-state index contributed by atoms with van der Waals surface area (Å²) in [6.45, 7) is 12.3. The maximum atomic E-state index is 12.8. The van der Waals surface area contributed by atoms with E-state index in [2.05, 4.69) is 251 Å². The number of carbonyl (C=O) groups excluding carboxylic acids is 2. The molecule has 3 saturated heterocycles. The number of benzene rings is 10. The molecule has 10 aromatic rings. The Morgan fingerprint density at radius 2 is 0.789 bits per heavy atom. The molecule has 566 valence electrons. The summed E-state index contributed by atoms with van der Waals surface area (Å²) in [6, 6.07) is 70.4. The number of aliphatic hydroxyl groups excluding tert-OH is 1. The van der Waals surface area contributed by atoms with Gasteiger partial charge in [0, 0.05) is 130 Å². The monoisotopic (exact) mass is 2010 g/mol. The number of hydrogen-bond donors (Lipinski definition) is 1. The Hall–Kier alpha value is -5.00. The Bertz CT molecular complexity index is 5080. The molecule has 23 heteroatoms. The number of carbonyl (C=O) groups is 2. The Kier molecular flexibility index (Phi) is 26.6. The lowest BCUT2D eigenvalue weighted by Gasteiger charge is -2.50. The van der Waals surface area contributed by atoms with Crippen molar-refractivity contribution in [3.05, 3.63) is 332 Å². The lowest BCUT2D eigenvalue weighted by molar-refractivity contribution is -0.0873. The summed E-state index contributed by atoms with van der Waals surface area (Å²) in [4.78, 5) is 33.0. The van der Waals surface area contributed by atoms with Crippen LogP contribution in [0.4, 0.5) is 0 Å². The van der Waals surface area contributed by atoms with Gasteiger partial charge >= 0.3 is 0 Å². The molecular formula is C86H80Br8N4O9S2. The number of Topliss-reactive ketones (excluding diaryl/α,β-unsaturated/α-hetero) is 2. The molecule has 3 aliphatic heterocycles. The van der Waals surface area contributed by atoms with E-state index in [9.17, 15) is 31.5 Å². The van der Waals surface area contributed by atoms with E-state index in [0.29, 0.717) is 17.6 Å². The highest BCUT2D eigenvalue weighted by Crippen LogP contribution is 2.53. The Morgan fingerprint density at radius 1 is 0.413 bits per heavy atom. The third kappa shape index (κ3) is 19.9. The van der Waals surface area contributed by atoms with E-state index in [1.165, 1.54) is 103 Å². The predicted molar refractivity (Wildman–Crippen MR) is 457 cm³/mol. The average Bonchev–Trinajstić information content (AvgIpc) is 1.59. The average molecular weight is 2020 g/mol. The van der Waals surface area contributed by atoms with E-state index in [-0.39, 0.29) is 52.5 Å². The van der Waals surface area contributed by atoms with Gasteiger partial charge in [0.2, 0.25) is 0 Å². The SMILES string of the molecule is Brc1cc2c(cc1Br)CC1(C2)CN(Cc2ccccc2)C1.Cc1ccc(S(=O)(=O)OCN(COS(=O)(=O)c2ccc(C)cc2)Cc2ccccc2)cc1.O=C1CCc2cc(Br)c(Br)cc21.O=C1c2cc(Br)c(Br)cc2CC12CN(Cc1ccccc1)C2.OC1c2cc(Br)c(Br)cc2CC12CN(Cc1ccccc1)C2. The van der Waals surface area contributed by atoms with Gasteiger partial charge < -0.3 is 5.11 Å². The van der Waals surface area contributed by atoms with Crippen LogP contribution in [0.15, 0.2) is 264 Å². The third-order valence-corrected chi connectivity index (χ3v) is 31.0. The van der Waals surface area contributed by atoms with Crippen LogP contribution in [-0.4, -0.2) is 106 Å². The first-order valence-electron chi connectivity index (χ1n) is 35.8. The van der Waals surface area contributed by atoms with Gasteiger partial charge in [-0.1, -0.05) is 157 Å². The molecule has 10 aromatic carbocycles. The zero-order valence-electron chi connectivity index (χ0n) is 59.9. The highest BCUT2D eigenvalue weighted by molar-refractivity contribution is 9.14. The first kappa shape index (κ1) is 82.0. The van der Waals surface area contributed by atoms with Gasteiger partial charge in [-0.05, 0) is 302 Å². The molecule has 3 fully saturated rings. The minimum Gasteiger partial charge on any atom is -0.388 e. The largest absolute Gasteiger partial charge is 0.388 e. The molecule has 17 rings (SSSR count). The summed E-state index contributed by atoms with van der Waals surface area (Å²) in [6.07, 6.45) is 5.52. The molecule has 109 heavy (non-hydrogen) atoms. The summed E-state index contributed by atoms with van der Waals surface area (Å²) in [5.41, 5.74) is 16.6. The second-order valence-corrected chi connectivity index (χ2v) is 39.7. The van der Waals surface area contributed by atoms with E-state index in [1.54, 1.807) is 24.3 Å². The molecule has 1 unspecified atom stereocenters. The molecule has 13 nitrogen and oxygen atoms in total. The molecule has 0 bridgehead atoms. The van der Waals surface area contributed by atoms with Crippen LogP contribution in [-0.2, 0) is 86.9 Å². The lowest BCUT2D eigenvalue weighted by Crippen LogP contribution is -2.58. The number of likely N-dealkylation sites (tertiary alicyclic amines) is 3. The number of fused-ring (bicyclic) bond motifs is 4. The number of nitrogens with zero attached hydrogens (tertiary/aromatic N) is 4. The van der Waals surface area contributed by atoms with Gasteiger partial charge in [0.25, 0.3) is 20.2 Å². The van der Waals surface area contributed by atoms with Gasteiger partial charge in [-0.25, -0.2) is 0 Å². The summed E-state index contributed by atoms with van der Waals surface area (Å²) >= 11 is 28.2. The number of hydrogen-bond acceptors (Lipinski definition) is 13. The number of aryl methyl sites for hydroxylation is 3. The molecule has 3 spiro atoms. The number of halogens is 8. The first-order chi connectivity index (χ1) is 52.1. The second-order valence-electron chi connectivity index (χ2n) is 29.6. The summed E-state index contributed by atoms with van der Waals surface area (Å²) in [5.74, 6) is 0.582. The molecule has 0 aromatic heterocycles. The maximum Gasteiger partial charge on any atom is 0.298 e. The van der Waals surface area contributed by atoms with Crippen molar-refractivity contribution in [2.45, 2.75) is 94.4 Å². The number of aliphatic hydroxyl groups is 1. The second kappa shape index (κ2) is 35.4. The number of ketones is 2. The Morgan fingerprint density at radius 3 is 1.25 bits per heavy atom. The van der Waals surface area contributed by atoms with Crippen LogP contribution in [0.3, 0.4) is 0 Å². The van der Waals surface area contributed by atoms with E-state index < -0.39 is 20.2 Å². The fourth-order valence-corrected chi connectivity index (χ4v) is 20.5. The van der Waals surface area contributed by atoms with Gasteiger partial charge in [-0.3, -0.25) is 37.6 Å². The van der Waals surface area contributed by atoms with Crippen LogP contribution < -0.4 is 0 Å². The van der Waals surface area contributed by atoms with E-state index in [1.807, 2.05) is 74.5 Å². The molecule has 1 atom stereocenters. The van der Waals surface area contributed by atoms with Crippen LogP contribution in [0, 0.1) is 30.1 Å². The fraction of sp³-hybridized carbons (Fsp3) is 0.279. The molecule has 7 aliphatic rings. The molecule has 4 aliphatic carbocycles. The fourth-order valence-electron chi connectivity index (χ4n) is 15.7. The predicted octanol–water partition coefficient (Wildman–Crippen LogP) is 20.7. The first-order valence-corrected chi connectivity index (χ1v) is 44.9. The lowest BCUT2D eigenvalue weighted by atomic mass is 9.75. The van der Waals surface area contributed by atoms with Gasteiger partial charge in [0.1, 0.15) is 13.5 Å². The van der Waals surface area contributed by atoms with Crippen molar-refractivity contribution in [3.63, 3.8) is 0 Å².